The summed E-state index contributed by atoms with van der Waals surface area (Å²) >= 11 is 0. The first-order chi connectivity index (χ1) is 29.2. The Morgan fingerprint density at radius 3 is 1.90 bits per heavy atom. The van der Waals surface area contributed by atoms with Gasteiger partial charge in [0.1, 0.15) is 5.65 Å². The summed E-state index contributed by atoms with van der Waals surface area (Å²) in [6.07, 6.45) is 0. The highest BCUT2D eigenvalue weighted by atomic mass is 16.5. The van der Waals surface area contributed by atoms with Crippen LogP contribution in [0.4, 0.5) is 0 Å². The van der Waals surface area contributed by atoms with Crippen molar-refractivity contribution in [3.63, 3.8) is 0 Å². The van der Waals surface area contributed by atoms with Crippen LogP contribution in [0.15, 0.2) is 188 Å². The summed E-state index contributed by atoms with van der Waals surface area (Å²) in [4.78, 5) is 15.9. The molecule has 0 unspecified atom stereocenters. The largest absolute Gasteiger partial charge is 0.453 e. The molecule has 0 saturated carbocycles. The van der Waals surface area contributed by atoms with Gasteiger partial charge in [-0.15, -0.1) is 0 Å². The van der Waals surface area contributed by atoms with Crippen molar-refractivity contribution < 1.29 is 4.74 Å². The molecule has 274 valence electrons. The van der Waals surface area contributed by atoms with Crippen LogP contribution in [-0.2, 0) is 0 Å². The number of ether oxygens (including phenoxy) is 1. The number of hydrogen-bond acceptors (Lipinski definition) is 4. The lowest BCUT2D eigenvalue weighted by molar-refractivity contribution is 0.476. The predicted molar refractivity (Wildman–Crippen MR) is 240 cm³/mol. The highest BCUT2D eigenvalue weighted by Gasteiger charge is 2.29. The van der Waals surface area contributed by atoms with E-state index in [9.17, 15) is 0 Å². The van der Waals surface area contributed by atoms with Crippen LogP contribution < -0.4 is 4.74 Å². The maximum Gasteiger partial charge on any atom is 0.164 e. The van der Waals surface area contributed by atoms with Crippen LogP contribution in [-0.4, -0.2) is 24.1 Å². The normalized spacial score (nSPS) is 12.2. The Morgan fingerprint density at radius 1 is 0.390 bits per heavy atom. The number of fused-ring (bicyclic) bond motifs is 11. The predicted octanol–water partition coefficient (Wildman–Crippen LogP) is 13.5. The molecule has 3 aromatic heterocycles. The van der Waals surface area contributed by atoms with E-state index in [1.165, 1.54) is 16.2 Å². The Labute approximate surface area is 337 Å². The van der Waals surface area contributed by atoms with Gasteiger partial charge in [-0.3, -0.25) is 9.13 Å². The highest BCUT2D eigenvalue weighted by molar-refractivity contribution is 6.24. The smallest absolute Gasteiger partial charge is 0.164 e. The molecule has 6 nitrogen and oxygen atoms in total. The van der Waals surface area contributed by atoms with Gasteiger partial charge in [-0.2, -0.15) is 0 Å². The Kier molecular flexibility index (Phi) is 6.63. The van der Waals surface area contributed by atoms with E-state index in [0.717, 1.165) is 88.6 Å². The van der Waals surface area contributed by atoms with Gasteiger partial charge in [0.15, 0.2) is 29.0 Å². The second kappa shape index (κ2) is 12.2. The summed E-state index contributed by atoms with van der Waals surface area (Å²) in [5.74, 6) is 3.54. The fourth-order valence-electron chi connectivity index (χ4n) is 9.28. The van der Waals surface area contributed by atoms with Gasteiger partial charge in [-0.05, 0) is 93.0 Å². The van der Waals surface area contributed by atoms with E-state index in [0.29, 0.717) is 17.5 Å². The van der Waals surface area contributed by atoms with Crippen LogP contribution in [0.5, 0.6) is 11.5 Å². The SMILES string of the molecule is c1ccc(-n2c3ccc(-c4nc(-c5ccc6ccccc6c5)nc(-c5cc6ccccc6c6ccccc56)n4)cc3c3c4cccc5c4n(c32)-c2ccccc2O5)cc1. The van der Waals surface area contributed by atoms with Crippen molar-refractivity contribution in [2.24, 2.45) is 0 Å². The molecule has 59 heavy (non-hydrogen) atoms. The topological polar surface area (TPSA) is 57.8 Å². The van der Waals surface area contributed by atoms with Crippen LogP contribution in [0, 0.1) is 0 Å². The van der Waals surface area contributed by atoms with Crippen molar-refractivity contribution in [2.75, 3.05) is 0 Å². The fraction of sp³-hybridized carbons (Fsp3) is 0. The molecule has 0 bridgehead atoms. The van der Waals surface area contributed by atoms with Crippen molar-refractivity contribution in [3.8, 4) is 57.0 Å². The van der Waals surface area contributed by atoms with Gasteiger partial charge < -0.3 is 4.74 Å². The quantitative estimate of drug-likeness (QED) is 0.168. The molecule has 0 atom stereocenters. The fourth-order valence-corrected chi connectivity index (χ4v) is 9.28. The van der Waals surface area contributed by atoms with Crippen LogP contribution in [0.3, 0.4) is 0 Å². The third-order valence-corrected chi connectivity index (χ3v) is 11.9. The number of hydrogen-bond donors (Lipinski definition) is 0. The van der Waals surface area contributed by atoms with E-state index in [1.807, 2.05) is 12.1 Å². The zero-order chi connectivity index (χ0) is 38.6. The lowest BCUT2D eigenvalue weighted by Crippen LogP contribution is -2.07. The number of rotatable bonds is 4. The average Bonchev–Trinajstić information content (AvgIpc) is 3.82. The molecule has 9 aromatic carbocycles. The molecule has 1 aliphatic heterocycles. The van der Waals surface area contributed by atoms with E-state index in [-0.39, 0.29) is 0 Å². The monoisotopic (exact) mass is 753 g/mol. The molecule has 0 fully saturated rings. The van der Waals surface area contributed by atoms with Crippen LogP contribution >= 0.6 is 0 Å². The molecule has 0 saturated heterocycles. The van der Waals surface area contributed by atoms with Crippen LogP contribution in [0.1, 0.15) is 0 Å². The average molecular weight is 754 g/mol. The number of para-hydroxylation sites is 4. The first kappa shape index (κ1) is 32.0. The standard InChI is InChI=1S/C53H31N5O/c1-2-16-37(17-3-1)57-44-28-27-36(31-43(44)48-41-21-12-24-47-49(41)58(53(48)57)45-22-10-11-23-46(45)59-47)51-54-50(35-26-25-32-13-4-5-14-33(32)29-35)55-52(56-51)42-30-34-15-6-7-18-38(34)39-19-8-9-20-40(39)42/h1-31H. The summed E-state index contributed by atoms with van der Waals surface area (Å²) in [5.41, 5.74) is 8.12. The minimum atomic E-state index is 0.611. The maximum atomic E-state index is 6.54. The van der Waals surface area contributed by atoms with Crippen molar-refractivity contribution >= 4 is 65.2 Å². The zero-order valence-electron chi connectivity index (χ0n) is 31.5. The highest BCUT2D eigenvalue weighted by Crippen LogP contribution is 2.49. The maximum absolute atomic E-state index is 6.54. The van der Waals surface area contributed by atoms with Gasteiger partial charge in [0.2, 0.25) is 0 Å². The lowest BCUT2D eigenvalue weighted by atomic mass is 9.97. The molecule has 0 radical (unpaired) electrons. The summed E-state index contributed by atoms with van der Waals surface area (Å²) in [6.45, 7) is 0. The first-order valence-electron chi connectivity index (χ1n) is 19.9. The molecule has 0 amide bonds. The molecular weight excluding hydrogens is 723 g/mol. The van der Waals surface area contributed by atoms with Gasteiger partial charge in [0.05, 0.1) is 16.7 Å². The Morgan fingerprint density at radius 2 is 1.03 bits per heavy atom. The van der Waals surface area contributed by atoms with Crippen molar-refractivity contribution in [1.82, 2.24) is 24.1 Å². The molecule has 12 aromatic rings. The third-order valence-electron chi connectivity index (χ3n) is 11.9. The second-order valence-corrected chi connectivity index (χ2v) is 15.2. The molecule has 4 heterocycles. The molecule has 1 aliphatic rings. The summed E-state index contributed by atoms with van der Waals surface area (Å²) in [5, 5.41) is 10.3. The van der Waals surface area contributed by atoms with Crippen LogP contribution in [0.2, 0.25) is 0 Å². The van der Waals surface area contributed by atoms with E-state index < -0.39 is 0 Å². The Hall–Kier alpha value is -8.09. The third kappa shape index (κ3) is 4.71. The number of nitrogens with zero attached hydrogens (tertiary/aromatic N) is 5. The summed E-state index contributed by atoms with van der Waals surface area (Å²) < 4.78 is 11.3. The number of aromatic nitrogens is 5. The van der Waals surface area contributed by atoms with Gasteiger partial charge in [0.25, 0.3) is 0 Å². The minimum Gasteiger partial charge on any atom is -0.453 e. The molecule has 0 aliphatic carbocycles. The number of benzene rings is 9. The van der Waals surface area contributed by atoms with E-state index in [2.05, 4.69) is 185 Å². The molecular formula is C53H31N5O. The van der Waals surface area contributed by atoms with E-state index in [1.54, 1.807) is 0 Å². The second-order valence-electron chi connectivity index (χ2n) is 15.2. The van der Waals surface area contributed by atoms with Crippen molar-refractivity contribution in [1.29, 1.82) is 0 Å². The van der Waals surface area contributed by atoms with Gasteiger partial charge in [-0.25, -0.2) is 15.0 Å². The van der Waals surface area contributed by atoms with Crippen molar-refractivity contribution in [2.45, 2.75) is 0 Å². The van der Waals surface area contributed by atoms with Gasteiger partial charge in [-0.1, -0.05) is 127 Å². The van der Waals surface area contributed by atoms with Crippen LogP contribution in [0.25, 0.3) is 111 Å². The van der Waals surface area contributed by atoms with Gasteiger partial charge in [0, 0.05) is 38.5 Å². The van der Waals surface area contributed by atoms with Crippen molar-refractivity contribution in [3.05, 3.63) is 188 Å². The lowest BCUT2D eigenvalue weighted by Gasteiger charge is -2.21. The Bertz CT molecular complexity index is 3710. The summed E-state index contributed by atoms with van der Waals surface area (Å²) in [7, 11) is 0. The Balaban J connectivity index is 1.11. The molecule has 0 N–H and O–H groups in total. The van der Waals surface area contributed by atoms with Gasteiger partial charge >= 0.3 is 0 Å². The molecule has 0 spiro atoms. The van der Waals surface area contributed by atoms with E-state index in [4.69, 9.17) is 19.7 Å². The minimum absolute atomic E-state index is 0.611. The zero-order valence-corrected chi connectivity index (χ0v) is 31.5. The first-order valence-corrected chi connectivity index (χ1v) is 19.9. The summed E-state index contributed by atoms with van der Waals surface area (Å²) in [6, 6.07) is 66.0. The molecule has 6 heteroatoms. The van der Waals surface area contributed by atoms with E-state index >= 15 is 0 Å². The molecule has 13 rings (SSSR count).